The first kappa shape index (κ1) is 17.5. The van der Waals surface area contributed by atoms with Gasteiger partial charge in [-0.3, -0.25) is 4.79 Å². The van der Waals surface area contributed by atoms with Gasteiger partial charge < -0.3 is 14.6 Å². The van der Waals surface area contributed by atoms with Crippen LogP contribution < -0.4 is 10.1 Å². The third-order valence-electron chi connectivity index (χ3n) is 4.25. The van der Waals surface area contributed by atoms with Gasteiger partial charge in [-0.25, -0.2) is 0 Å². The molecule has 1 amide bonds. The lowest BCUT2D eigenvalue weighted by Crippen LogP contribution is -2.23. The van der Waals surface area contributed by atoms with Crippen LogP contribution in [0.3, 0.4) is 0 Å². The fourth-order valence-electron chi connectivity index (χ4n) is 2.63. The number of methoxy groups -OCH3 is 1. The number of para-hydroxylation sites is 1. The second kappa shape index (κ2) is 7.75. The van der Waals surface area contributed by atoms with Gasteiger partial charge in [0.05, 0.1) is 18.5 Å². The molecular weight excluding hydrogens is 362 g/mol. The molecule has 0 saturated heterocycles. The second-order valence-electron chi connectivity index (χ2n) is 6.29. The van der Waals surface area contributed by atoms with Crippen molar-refractivity contribution in [3.63, 3.8) is 0 Å². The topological polar surface area (TPSA) is 77.2 Å². The number of benzene rings is 1. The summed E-state index contributed by atoms with van der Waals surface area (Å²) in [5.74, 6) is 2.12. The van der Waals surface area contributed by atoms with Gasteiger partial charge in [0, 0.05) is 22.4 Å². The van der Waals surface area contributed by atoms with Crippen molar-refractivity contribution >= 4 is 29.4 Å². The summed E-state index contributed by atoms with van der Waals surface area (Å²) in [5, 5.41) is 7.01. The van der Waals surface area contributed by atoms with E-state index < -0.39 is 0 Å². The summed E-state index contributed by atoms with van der Waals surface area (Å²) in [6.45, 7) is 0.540. The van der Waals surface area contributed by atoms with Gasteiger partial charge in [0.2, 0.25) is 11.7 Å². The van der Waals surface area contributed by atoms with Crippen molar-refractivity contribution in [2.24, 2.45) is 5.92 Å². The molecule has 0 atom stereocenters. The zero-order valence-corrected chi connectivity index (χ0v) is 15.7. The molecule has 1 N–H and O–H groups in total. The predicted octanol–water partition coefficient (Wildman–Crippen LogP) is 4.00. The van der Waals surface area contributed by atoms with Crippen LogP contribution in [0.2, 0.25) is 0 Å². The third-order valence-corrected chi connectivity index (χ3v) is 5.33. The Kier molecular flexibility index (Phi) is 5.02. The Balaban J connectivity index is 1.41. The van der Waals surface area contributed by atoms with Gasteiger partial charge in [-0.15, -0.1) is 11.3 Å². The summed E-state index contributed by atoms with van der Waals surface area (Å²) >= 11 is 1.55. The van der Waals surface area contributed by atoms with Gasteiger partial charge in [0.1, 0.15) is 5.75 Å². The van der Waals surface area contributed by atoms with Crippen LogP contribution in [-0.2, 0) is 11.3 Å². The van der Waals surface area contributed by atoms with E-state index in [1.54, 1.807) is 24.5 Å². The SMILES string of the molecule is COc1ccccc1/C=C/c1nc(-c2ccc(CNC(=O)C3CC3)s2)no1. The van der Waals surface area contributed by atoms with Gasteiger partial charge in [0.25, 0.3) is 5.89 Å². The van der Waals surface area contributed by atoms with Crippen LogP contribution in [0.15, 0.2) is 40.9 Å². The number of ether oxygens (including phenoxy) is 1. The molecule has 27 heavy (non-hydrogen) atoms. The van der Waals surface area contributed by atoms with Crippen molar-refractivity contribution in [3.05, 3.63) is 52.7 Å². The van der Waals surface area contributed by atoms with Crippen molar-refractivity contribution in [2.45, 2.75) is 19.4 Å². The minimum absolute atomic E-state index is 0.147. The number of thiophene rings is 1. The van der Waals surface area contributed by atoms with Crippen molar-refractivity contribution in [2.75, 3.05) is 7.11 Å². The van der Waals surface area contributed by atoms with Gasteiger partial charge >= 0.3 is 0 Å². The number of carbonyl (C=O) groups excluding carboxylic acids is 1. The minimum Gasteiger partial charge on any atom is -0.496 e. The fraction of sp³-hybridized carbons (Fsp3) is 0.250. The number of nitrogens with zero attached hydrogens (tertiary/aromatic N) is 2. The Bertz CT molecular complexity index is 972. The molecule has 2 heterocycles. The molecule has 138 valence electrons. The molecule has 0 bridgehead atoms. The number of nitrogens with one attached hydrogen (secondary N) is 1. The quantitative estimate of drug-likeness (QED) is 0.669. The monoisotopic (exact) mass is 381 g/mol. The molecule has 0 spiro atoms. The molecule has 0 aliphatic heterocycles. The molecular formula is C20H19N3O3S. The maximum absolute atomic E-state index is 11.7. The van der Waals surface area contributed by atoms with Crippen LogP contribution in [0.1, 0.15) is 29.2 Å². The summed E-state index contributed by atoms with van der Waals surface area (Å²) in [4.78, 5) is 18.1. The molecule has 3 aromatic rings. The van der Waals surface area contributed by atoms with Crippen LogP contribution in [0.4, 0.5) is 0 Å². The van der Waals surface area contributed by atoms with Crippen molar-refractivity contribution < 1.29 is 14.1 Å². The summed E-state index contributed by atoms with van der Waals surface area (Å²) in [5.41, 5.74) is 0.935. The predicted molar refractivity (Wildman–Crippen MR) is 104 cm³/mol. The number of carbonyl (C=O) groups is 1. The lowest BCUT2D eigenvalue weighted by atomic mass is 10.2. The zero-order chi connectivity index (χ0) is 18.6. The molecule has 4 rings (SSSR count). The highest BCUT2D eigenvalue weighted by Gasteiger charge is 2.29. The highest BCUT2D eigenvalue weighted by molar-refractivity contribution is 7.15. The van der Waals surface area contributed by atoms with Crippen molar-refractivity contribution in [1.82, 2.24) is 15.5 Å². The van der Waals surface area contributed by atoms with Crippen LogP contribution in [0.5, 0.6) is 5.75 Å². The molecule has 1 fully saturated rings. The number of hydrogen-bond acceptors (Lipinski definition) is 6. The molecule has 0 unspecified atom stereocenters. The molecule has 0 radical (unpaired) electrons. The van der Waals surface area contributed by atoms with Gasteiger partial charge in [-0.2, -0.15) is 4.98 Å². The third kappa shape index (κ3) is 4.25. The Morgan fingerprint density at radius 1 is 1.30 bits per heavy atom. The number of amides is 1. The average Bonchev–Trinajstić information content (AvgIpc) is 3.26. The van der Waals surface area contributed by atoms with Crippen molar-refractivity contribution in [1.29, 1.82) is 0 Å². The van der Waals surface area contributed by atoms with Gasteiger partial charge in [0.15, 0.2) is 0 Å². The Hall–Kier alpha value is -2.93. The lowest BCUT2D eigenvalue weighted by Gasteiger charge is -2.02. The summed E-state index contributed by atoms with van der Waals surface area (Å²) < 4.78 is 10.6. The van der Waals surface area contributed by atoms with Crippen LogP contribution >= 0.6 is 11.3 Å². The lowest BCUT2D eigenvalue weighted by molar-refractivity contribution is -0.122. The second-order valence-corrected chi connectivity index (χ2v) is 7.46. The van der Waals surface area contributed by atoms with Crippen LogP contribution in [-0.4, -0.2) is 23.2 Å². The fourth-order valence-corrected chi connectivity index (χ4v) is 3.50. The Morgan fingerprint density at radius 3 is 2.96 bits per heavy atom. The molecule has 1 aromatic carbocycles. The molecule has 1 aliphatic rings. The maximum atomic E-state index is 11.7. The van der Waals surface area contributed by atoms with E-state index in [-0.39, 0.29) is 11.8 Å². The standard InChI is InChI=1S/C20H19N3O3S/c1-25-16-5-3-2-4-13(16)8-11-18-22-19(23-26-18)17-10-9-15(27-17)12-21-20(24)14-6-7-14/h2-5,8-11,14H,6-7,12H2,1H3,(H,21,24)/b11-8+. The van der Waals surface area contributed by atoms with Crippen molar-refractivity contribution in [3.8, 4) is 16.5 Å². The smallest absolute Gasteiger partial charge is 0.250 e. The molecule has 2 aromatic heterocycles. The Labute approximate surface area is 160 Å². The maximum Gasteiger partial charge on any atom is 0.250 e. The zero-order valence-electron chi connectivity index (χ0n) is 14.8. The molecule has 6 nitrogen and oxygen atoms in total. The van der Waals surface area contributed by atoms with E-state index in [0.29, 0.717) is 18.3 Å². The summed E-state index contributed by atoms with van der Waals surface area (Å²) in [6, 6.07) is 11.6. The molecule has 1 saturated carbocycles. The van der Waals surface area contributed by atoms with E-state index in [9.17, 15) is 4.79 Å². The van der Waals surface area contributed by atoms with E-state index in [2.05, 4.69) is 15.5 Å². The van der Waals surface area contributed by atoms with Gasteiger partial charge in [-0.1, -0.05) is 23.4 Å². The number of aromatic nitrogens is 2. The minimum atomic E-state index is 0.147. The Morgan fingerprint density at radius 2 is 2.15 bits per heavy atom. The highest BCUT2D eigenvalue weighted by atomic mass is 32.1. The van der Waals surface area contributed by atoms with E-state index in [1.165, 1.54) is 0 Å². The average molecular weight is 381 g/mol. The number of hydrogen-bond donors (Lipinski definition) is 1. The van der Waals surface area contributed by atoms with E-state index in [1.807, 2.05) is 42.5 Å². The van der Waals surface area contributed by atoms with E-state index in [0.717, 1.165) is 33.9 Å². The molecule has 7 heteroatoms. The van der Waals surface area contributed by atoms with E-state index >= 15 is 0 Å². The molecule has 1 aliphatic carbocycles. The summed E-state index contributed by atoms with van der Waals surface area (Å²) in [7, 11) is 1.64. The first-order valence-electron chi connectivity index (χ1n) is 8.74. The number of rotatable bonds is 7. The normalized spacial score (nSPS) is 13.8. The first-order chi connectivity index (χ1) is 13.2. The van der Waals surface area contributed by atoms with Crippen LogP contribution in [0.25, 0.3) is 22.9 Å². The van der Waals surface area contributed by atoms with Gasteiger partial charge in [-0.05, 0) is 37.1 Å². The largest absolute Gasteiger partial charge is 0.496 e. The summed E-state index contributed by atoms with van der Waals surface area (Å²) in [6.07, 6.45) is 5.66. The van der Waals surface area contributed by atoms with E-state index in [4.69, 9.17) is 9.26 Å². The van der Waals surface area contributed by atoms with Crippen LogP contribution in [0, 0.1) is 5.92 Å². The first-order valence-corrected chi connectivity index (χ1v) is 9.56. The highest BCUT2D eigenvalue weighted by Crippen LogP contribution is 2.30.